The summed E-state index contributed by atoms with van der Waals surface area (Å²) in [5.41, 5.74) is 1.55. The van der Waals surface area contributed by atoms with Crippen LogP contribution in [0.15, 0.2) is 18.2 Å². The van der Waals surface area contributed by atoms with E-state index >= 15 is 0 Å². The van der Waals surface area contributed by atoms with Gasteiger partial charge in [0.05, 0.1) is 18.9 Å². The standard InChI is InChI=1S/C14H20N2O3.ClH/c1-2-10-3-4-13(17)12(7-10)16-14(18)8-11-9-19-6-5-15-11;/h3-4,7,11,15,17H,2,5-6,8-9H2,1H3,(H,16,18);1H. The third kappa shape index (κ3) is 4.67. The maximum absolute atomic E-state index is 11.9. The van der Waals surface area contributed by atoms with Crippen LogP contribution in [0, 0.1) is 0 Å². The van der Waals surface area contributed by atoms with Crippen LogP contribution in [0.5, 0.6) is 5.75 Å². The summed E-state index contributed by atoms with van der Waals surface area (Å²) in [7, 11) is 0. The Kier molecular flexibility index (Phi) is 6.78. The van der Waals surface area contributed by atoms with Crippen LogP contribution in [0.3, 0.4) is 0 Å². The van der Waals surface area contributed by atoms with E-state index in [1.165, 1.54) is 0 Å². The number of benzene rings is 1. The second kappa shape index (κ2) is 8.09. The van der Waals surface area contributed by atoms with Crippen molar-refractivity contribution in [1.29, 1.82) is 0 Å². The zero-order chi connectivity index (χ0) is 13.7. The molecule has 0 spiro atoms. The van der Waals surface area contributed by atoms with E-state index in [0.29, 0.717) is 25.3 Å². The molecule has 1 aromatic carbocycles. The molecule has 0 saturated carbocycles. The number of hydrogen-bond acceptors (Lipinski definition) is 4. The maximum atomic E-state index is 11.9. The van der Waals surface area contributed by atoms with Crippen molar-refractivity contribution in [1.82, 2.24) is 5.32 Å². The number of nitrogens with one attached hydrogen (secondary N) is 2. The first-order valence-electron chi connectivity index (χ1n) is 6.62. The summed E-state index contributed by atoms with van der Waals surface area (Å²) >= 11 is 0. The predicted molar refractivity (Wildman–Crippen MR) is 80.6 cm³/mol. The number of rotatable bonds is 4. The summed E-state index contributed by atoms with van der Waals surface area (Å²) in [6.07, 6.45) is 1.21. The second-order valence-corrected chi connectivity index (χ2v) is 4.68. The summed E-state index contributed by atoms with van der Waals surface area (Å²) in [4.78, 5) is 11.9. The largest absolute Gasteiger partial charge is 0.506 e. The van der Waals surface area contributed by atoms with Crippen LogP contribution in [0.4, 0.5) is 5.69 Å². The Morgan fingerprint density at radius 3 is 3.00 bits per heavy atom. The smallest absolute Gasteiger partial charge is 0.226 e. The average Bonchev–Trinajstić information content (AvgIpc) is 2.42. The Balaban J connectivity index is 0.00000200. The van der Waals surface area contributed by atoms with Gasteiger partial charge in [0.2, 0.25) is 5.91 Å². The molecule has 1 saturated heterocycles. The van der Waals surface area contributed by atoms with E-state index in [2.05, 4.69) is 10.6 Å². The Labute approximate surface area is 125 Å². The number of amides is 1. The number of carbonyl (C=O) groups is 1. The quantitative estimate of drug-likeness (QED) is 0.740. The summed E-state index contributed by atoms with van der Waals surface area (Å²) in [6, 6.07) is 5.31. The predicted octanol–water partition coefficient (Wildman–Crippen LogP) is 1.69. The van der Waals surface area contributed by atoms with Gasteiger partial charge in [0.1, 0.15) is 5.75 Å². The Bertz CT molecular complexity index is 448. The van der Waals surface area contributed by atoms with Gasteiger partial charge in [-0.15, -0.1) is 12.4 Å². The first-order valence-corrected chi connectivity index (χ1v) is 6.62. The fourth-order valence-corrected chi connectivity index (χ4v) is 2.08. The lowest BCUT2D eigenvalue weighted by atomic mass is 10.1. The third-order valence-corrected chi connectivity index (χ3v) is 3.17. The van der Waals surface area contributed by atoms with Gasteiger partial charge in [0.15, 0.2) is 0 Å². The number of carbonyl (C=O) groups excluding carboxylic acids is 1. The molecule has 1 atom stereocenters. The fraction of sp³-hybridized carbons (Fsp3) is 0.500. The number of aromatic hydroxyl groups is 1. The zero-order valence-corrected chi connectivity index (χ0v) is 12.3. The summed E-state index contributed by atoms with van der Waals surface area (Å²) < 4.78 is 5.30. The lowest BCUT2D eigenvalue weighted by Gasteiger charge is -2.23. The van der Waals surface area contributed by atoms with Crippen molar-refractivity contribution in [2.24, 2.45) is 0 Å². The van der Waals surface area contributed by atoms with Gasteiger partial charge in [-0.05, 0) is 24.1 Å². The number of anilines is 1. The van der Waals surface area contributed by atoms with Gasteiger partial charge < -0.3 is 20.5 Å². The van der Waals surface area contributed by atoms with Gasteiger partial charge in [-0.3, -0.25) is 4.79 Å². The monoisotopic (exact) mass is 300 g/mol. The molecule has 0 aromatic heterocycles. The molecule has 1 aliphatic rings. The molecule has 112 valence electrons. The Hall–Kier alpha value is -1.30. The minimum atomic E-state index is -0.119. The number of hydrogen-bond donors (Lipinski definition) is 3. The summed E-state index contributed by atoms with van der Waals surface area (Å²) in [6.45, 7) is 4.04. The lowest BCUT2D eigenvalue weighted by Crippen LogP contribution is -2.43. The van der Waals surface area contributed by atoms with Gasteiger partial charge in [-0.2, -0.15) is 0 Å². The highest BCUT2D eigenvalue weighted by molar-refractivity contribution is 5.92. The number of aryl methyl sites for hydroxylation is 1. The van der Waals surface area contributed by atoms with Gasteiger partial charge in [-0.25, -0.2) is 0 Å². The molecule has 1 amide bonds. The molecule has 1 unspecified atom stereocenters. The molecular formula is C14H21ClN2O3. The topological polar surface area (TPSA) is 70.6 Å². The molecule has 0 aliphatic carbocycles. The number of phenols is 1. The maximum Gasteiger partial charge on any atom is 0.226 e. The van der Waals surface area contributed by atoms with Crippen LogP contribution >= 0.6 is 12.4 Å². The first kappa shape index (κ1) is 16.8. The van der Waals surface area contributed by atoms with Crippen LogP contribution in [0.1, 0.15) is 18.9 Å². The van der Waals surface area contributed by atoms with Crippen molar-refractivity contribution in [3.05, 3.63) is 23.8 Å². The lowest BCUT2D eigenvalue weighted by molar-refractivity contribution is -0.117. The highest BCUT2D eigenvalue weighted by Gasteiger charge is 2.17. The van der Waals surface area contributed by atoms with Gasteiger partial charge in [0.25, 0.3) is 0 Å². The molecule has 1 fully saturated rings. The van der Waals surface area contributed by atoms with Crippen molar-refractivity contribution < 1.29 is 14.6 Å². The number of phenolic OH excluding ortho intramolecular Hbond substituents is 1. The van der Waals surface area contributed by atoms with Gasteiger partial charge >= 0.3 is 0 Å². The average molecular weight is 301 g/mol. The van der Waals surface area contributed by atoms with E-state index in [9.17, 15) is 9.90 Å². The molecule has 2 rings (SSSR count). The Morgan fingerprint density at radius 2 is 2.35 bits per heavy atom. The fourth-order valence-electron chi connectivity index (χ4n) is 2.08. The van der Waals surface area contributed by atoms with Crippen LogP contribution in [-0.2, 0) is 16.0 Å². The van der Waals surface area contributed by atoms with Crippen molar-refractivity contribution in [3.8, 4) is 5.75 Å². The summed E-state index contributed by atoms with van der Waals surface area (Å²) in [5.74, 6) is -0.0232. The molecule has 5 nitrogen and oxygen atoms in total. The third-order valence-electron chi connectivity index (χ3n) is 3.17. The minimum Gasteiger partial charge on any atom is -0.506 e. The van der Waals surface area contributed by atoms with E-state index < -0.39 is 0 Å². The van der Waals surface area contributed by atoms with Crippen molar-refractivity contribution in [2.75, 3.05) is 25.1 Å². The molecule has 0 radical (unpaired) electrons. The molecule has 1 aliphatic heterocycles. The van der Waals surface area contributed by atoms with Gasteiger partial charge in [0, 0.05) is 19.0 Å². The van der Waals surface area contributed by atoms with Crippen LogP contribution in [0.2, 0.25) is 0 Å². The highest BCUT2D eigenvalue weighted by Crippen LogP contribution is 2.24. The molecule has 0 bridgehead atoms. The first-order chi connectivity index (χ1) is 9.19. The normalized spacial score (nSPS) is 18.1. The number of morpholine rings is 1. The number of ether oxygens (including phenoxy) is 1. The number of halogens is 1. The molecular weight excluding hydrogens is 280 g/mol. The van der Waals surface area contributed by atoms with Gasteiger partial charge in [-0.1, -0.05) is 13.0 Å². The van der Waals surface area contributed by atoms with Crippen molar-refractivity contribution in [2.45, 2.75) is 25.8 Å². The molecule has 1 heterocycles. The van der Waals surface area contributed by atoms with E-state index in [1.807, 2.05) is 13.0 Å². The molecule has 1 aromatic rings. The van der Waals surface area contributed by atoms with E-state index in [1.54, 1.807) is 12.1 Å². The van der Waals surface area contributed by atoms with E-state index in [-0.39, 0.29) is 30.1 Å². The van der Waals surface area contributed by atoms with E-state index in [4.69, 9.17) is 4.74 Å². The molecule has 20 heavy (non-hydrogen) atoms. The second-order valence-electron chi connectivity index (χ2n) is 4.68. The van der Waals surface area contributed by atoms with Crippen LogP contribution in [-0.4, -0.2) is 36.8 Å². The highest BCUT2D eigenvalue weighted by atomic mass is 35.5. The van der Waals surface area contributed by atoms with Crippen LogP contribution in [0.25, 0.3) is 0 Å². The van der Waals surface area contributed by atoms with Crippen molar-refractivity contribution in [3.63, 3.8) is 0 Å². The van der Waals surface area contributed by atoms with Crippen molar-refractivity contribution >= 4 is 24.0 Å². The molecule has 3 N–H and O–H groups in total. The zero-order valence-electron chi connectivity index (χ0n) is 11.5. The molecule has 6 heteroatoms. The SMILES string of the molecule is CCc1ccc(O)c(NC(=O)CC2COCCN2)c1.Cl. The Morgan fingerprint density at radius 1 is 1.55 bits per heavy atom. The van der Waals surface area contributed by atoms with E-state index in [0.717, 1.165) is 18.5 Å². The summed E-state index contributed by atoms with van der Waals surface area (Å²) in [5, 5.41) is 15.7. The minimum absolute atomic E-state index is 0. The van der Waals surface area contributed by atoms with Crippen LogP contribution < -0.4 is 10.6 Å².